The molecule has 1 heterocycles. The van der Waals surface area contributed by atoms with Crippen molar-refractivity contribution < 1.29 is 17.6 Å². The van der Waals surface area contributed by atoms with Crippen molar-refractivity contribution in [2.45, 2.75) is 18.7 Å². The van der Waals surface area contributed by atoms with E-state index in [0.29, 0.717) is 5.69 Å². The highest BCUT2D eigenvalue weighted by Gasteiger charge is 2.36. The highest BCUT2D eigenvalue weighted by atomic mass is 32.2. The third-order valence-corrected chi connectivity index (χ3v) is 5.28. The fourth-order valence-electron chi connectivity index (χ4n) is 2.68. The molecule has 4 nitrogen and oxygen atoms in total. The van der Waals surface area contributed by atoms with Gasteiger partial charge in [0.25, 0.3) is 0 Å². The molecule has 0 N–H and O–H groups in total. The quantitative estimate of drug-likeness (QED) is 0.812. The number of hydrogen-bond acceptors (Lipinski definition) is 3. The molecule has 0 fully saturated rings. The fraction of sp³-hybridized carbons (Fsp3) is 0.188. The lowest BCUT2D eigenvalue weighted by Gasteiger charge is -2.30. The number of nitrogens with zero attached hydrogens (tertiary/aromatic N) is 1. The maximum Gasteiger partial charge on any atom is 0.247 e. The van der Waals surface area contributed by atoms with E-state index in [9.17, 15) is 17.6 Å². The maximum atomic E-state index is 13.4. The Morgan fingerprint density at radius 1 is 1.05 bits per heavy atom. The SMILES string of the molecule is Cc1ccc(N2C(=O)CS(=O)(=O)c3cc(F)ccc32)c(C)c1. The molecule has 2 aromatic rings. The average molecular weight is 319 g/mol. The first-order valence-corrected chi connectivity index (χ1v) is 8.37. The van der Waals surface area contributed by atoms with Crippen LogP contribution < -0.4 is 4.90 Å². The minimum Gasteiger partial charge on any atom is -0.279 e. The van der Waals surface area contributed by atoms with Crippen molar-refractivity contribution in [2.24, 2.45) is 0 Å². The Kier molecular flexibility index (Phi) is 3.29. The van der Waals surface area contributed by atoms with E-state index in [1.165, 1.54) is 11.0 Å². The summed E-state index contributed by atoms with van der Waals surface area (Å²) in [6.45, 7) is 3.78. The molecule has 0 saturated carbocycles. The Balaban J connectivity index is 2.27. The number of amides is 1. The van der Waals surface area contributed by atoms with E-state index < -0.39 is 27.3 Å². The summed E-state index contributed by atoms with van der Waals surface area (Å²) in [5, 5.41) is 0. The Bertz CT molecular complexity index is 890. The Morgan fingerprint density at radius 2 is 1.73 bits per heavy atom. The smallest absolute Gasteiger partial charge is 0.247 e. The summed E-state index contributed by atoms with van der Waals surface area (Å²) in [5.41, 5.74) is 2.70. The summed E-state index contributed by atoms with van der Waals surface area (Å²) in [6.07, 6.45) is 0. The second kappa shape index (κ2) is 4.91. The zero-order chi connectivity index (χ0) is 16.1. The Hall–Kier alpha value is -2.21. The molecule has 0 unspecified atom stereocenters. The molecule has 2 aromatic carbocycles. The standard InChI is InChI=1S/C16H14FNO3S/c1-10-3-5-13(11(2)7-10)18-14-6-4-12(17)8-15(14)22(20,21)9-16(18)19/h3-8H,9H2,1-2H3. The molecule has 0 saturated heterocycles. The summed E-state index contributed by atoms with van der Waals surface area (Å²) in [6, 6.07) is 8.99. The van der Waals surface area contributed by atoms with Crippen LogP contribution in [0.1, 0.15) is 11.1 Å². The van der Waals surface area contributed by atoms with E-state index in [2.05, 4.69) is 0 Å². The first-order valence-electron chi connectivity index (χ1n) is 6.72. The second-order valence-electron chi connectivity index (χ2n) is 5.39. The van der Waals surface area contributed by atoms with Gasteiger partial charge in [0, 0.05) is 0 Å². The molecule has 0 bridgehead atoms. The van der Waals surface area contributed by atoms with Crippen LogP contribution in [0.3, 0.4) is 0 Å². The van der Waals surface area contributed by atoms with Crippen LogP contribution in [0.25, 0.3) is 0 Å². The summed E-state index contributed by atoms with van der Waals surface area (Å²) in [5.74, 6) is -1.83. The highest BCUT2D eigenvalue weighted by Crippen LogP contribution is 2.38. The highest BCUT2D eigenvalue weighted by molar-refractivity contribution is 7.92. The van der Waals surface area contributed by atoms with Gasteiger partial charge in [0.15, 0.2) is 9.84 Å². The summed E-state index contributed by atoms with van der Waals surface area (Å²) >= 11 is 0. The number of aryl methyl sites for hydroxylation is 2. The van der Waals surface area contributed by atoms with Crippen LogP contribution in [0.2, 0.25) is 0 Å². The molecule has 0 radical (unpaired) electrons. The van der Waals surface area contributed by atoms with Gasteiger partial charge in [-0.25, -0.2) is 12.8 Å². The van der Waals surface area contributed by atoms with E-state index in [-0.39, 0.29) is 10.6 Å². The van der Waals surface area contributed by atoms with E-state index in [1.54, 1.807) is 6.07 Å². The van der Waals surface area contributed by atoms with Crippen molar-refractivity contribution >= 4 is 27.1 Å². The van der Waals surface area contributed by atoms with E-state index in [1.807, 2.05) is 26.0 Å². The number of carbonyl (C=O) groups excluding carboxylic acids is 1. The number of carbonyl (C=O) groups is 1. The fourth-order valence-corrected chi connectivity index (χ4v) is 4.06. The molecular formula is C16H14FNO3S. The van der Waals surface area contributed by atoms with Gasteiger partial charge in [-0.1, -0.05) is 17.7 Å². The maximum absolute atomic E-state index is 13.4. The largest absolute Gasteiger partial charge is 0.279 e. The minimum atomic E-state index is -3.81. The lowest BCUT2D eigenvalue weighted by atomic mass is 10.1. The number of anilines is 2. The number of sulfone groups is 1. The number of benzene rings is 2. The van der Waals surface area contributed by atoms with Crippen LogP contribution >= 0.6 is 0 Å². The molecule has 0 aliphatic carbocycles. The molecule has 114 valence electrons. The number of fused-ring (bicyclic) bond motifs is 1. The van der Waals surface area contributed by atoms with Crippen LogP contribution in [0.15, 0.2) is 41.3 Å². The third-order valence-electron chi connectivity index (χ3n) is 3.65. The van der Waals surface area contributed by atoms with Gasteiger partial charge in [0.1, 0.15) is 11.6 Å². The number of rotatable bonds is 1. The lowest BCUT2D eigenvalue weighted by Crippen LogP contribution is -2.38. The number of hydrogen-bond donors (Lipinski definition) is 0. The van der Waals surface area contributed by atoms with Crippen molar-refractivity contribution in [1.29, 1.82) is 0 Å². The first kappa shape index (κ1) is 14.7. The predicted octanol–water partition coefficient (Wildman–Crippen LogP) is 2.89. The first-order chi connectivity index (χ1) is 10.3. The predicted molar refractivity (Wildman–Crippen MR) is 81.5 cm³/mol. The molecule has 1 amide bonds. The molecule has 0 spiro atoms. The van der Waals surface area contributed by atoms with Gasteiger partial charge in [-0.2, -0.15) is 0 Å². The van der Waals surface area contributed by atoms with Crippen molar-refractivity contribution in [2.75, 3.05) is 10.7 Å². The van der Waals surface area contributed by atoms with Crippen molar-refractivity contribution in [1.82, 2.24) is 0 Å². The lowest BCUT2D eigenvalue weighted by molar-refractivity contribution is -0.115. The zero-order valence-corrected chi connectivity index (χ0v) is 12.9. The third kappa shape index (κ3) is 2.29. The second-order valence-corrected chi connectivity index (χ2v) is 7.35. The van der Waals surface area contributed by atoms with Crippen LogP contribution in [0, 0.1) is 19.7 Å². The molecule has 0 atom stereocenters. The van der Waals surface area contributed by atoms with Crippen LogP contribution in [0.5, 0.6) is 0 Å². The molecule has 1 aliphatic rings. The van der Waals surface area contributed by atoms with Gasteiger partial charge >= 0.3 is 0 Å². The Morgan fingerprint density at radius 3 is 2.41 bits per heavy atom. The topological polar surface area (TPSA) is 54.5 Å². The van der Waals surface area contributed by atoms with E-state index >= 15 is 0 Å². The van der Waals surface area contributed by atoms with Gasteiger partial charge in [0.05, 0.1) is 16.3 Å². The molecule has 3 rings (SSSR count). The number of halogens is 1. The zero-order valence-electron chi connectivity index (χ0n) is 12.1. The van der Waals surface area contributed by atoms with Gasteiger partial charge in [-0.15, -0.1) is 0 Å². The van der Waals surface area contributed by atoms with Crippen molar-refractivity contribution in [3.05, 3.63) is 53.3 Å². The van der Waals surface area contributed by atoms with Gasteiger partial charge in [0.2, 0.25) is 5.91 Å². The van der Waals surface area contributed by atoms with E-state index in [0.717, 1.165) is 23.3 Å². The summed E-state index contributed by atoms with van der Waals surface area (Å²) in [4.78, 5) is 13.6. The molecule has 22 heavy (non-hydrogen) atoms. The van der Waals surface area contributed by atoms with Crippen molar-refractivity contribution in [3.63, 3.8) is 0 Å². The van der Waals surface area contributed by atoms with Crippen LogP contribution in [0.4, 0.5) is 15.8 Å². The minimum absolute atomic E-state index is 0.146. The molecule has 1 aliphatic heterocycles. The molecular weight excluding hydrogens is 305 g/mol. The average Bonchev–Trinajstić information content (AvgIpc) is 2.41. The van der Waals surface area contributed by atoms with Gasteiger partial charge < -0.3 is 0 Å². The molecule has 6 heteroatoms. The molecule has 0 aromatic heterocycles. The van der Waals surface area contributed by atoms with Crippen LogP contribution in [-0.4, -0.2) is 20.1 Å². The van der Waals surface area contributed by atoms with Gasteiger partial charge in [-0.05, 0) is 43.7 Å². The Labute approximate surface area is 128 Å². The monoisotopic (exact) mass is 319 g/mol. The van der Waals surface area contributed by atoms with Crippen molar-refractivity contribution in [3.8, 4) is 0 Å². The summed E-state index contributed by atoms with van der Waals surface area (Å²) in [7, 11) is -3.81. The normalized spacial score (nSPS) is 16.5. The van der Waals surface area contributed by atoms with Gasteiger partial charge in [-0.3, -0.25) is 9.69 Å². The summed E-state index contributed by atoms with van der Waals surface area (Å²) < 4.78 is 37.7. The van der Waals surface area contributed by atoms with E-state index in [4.69, 9.17) is 0 Å². The van der Waals surface area contributed by atoms with Crippen LogP contribution in [-0.2, 0) is 14.6 Å².